The molecule has 0 aliphatic carbocycles. The zero-order valence-electron chi connectivity index (χ0n) is 11.9. The average Bonchev–Trinajstić information content (AvgIpc) is 2.83. The number of likely N-dealkylation sites (tertiary alicyclic amines) is 1. The van der Waals surface area contributed by atoms with Gasteiger partial charge >= 0.3 is 18.2 Å². The van der Waals surface area contributed by atoms with Crippen LogP contribution in [0.25, 0.3) is 0 Å². The summed E-state index contributed by atoms with van der Waals surface area (Å²) in [6.45, 7) is -0.312. The molecule has 1 fully saturated rings. The first kappa shape index (κ1) is 17.5. The third-order valence-electron chi connectivity index (χ3n) is 3.66. The molecular formula is C12H19F3N2O4. The van der Waals surface area contributed by atoms with Crippen LogP contribution in [0.1, 0.15) is 12.8 Å². The molecule has 122 valence electrons. The van der Waals surface area contributed by atoms with E-state index in [9.17, 15) is 22.8 Å². The quantitative estimate of drug-likeness (QED) is 0.779. The number of methoxy groups -OCH3 is 1. The number of carboxylic acid groups (broad SMARTS) is 1. The molecule has 6 nitrogen and oxygen atoms in total. The van der Waals surface area contributed by atoms with Crippen LogP contribution in [-0.2, 0) is 9.53 Å². The maximum atomic E-state index is 13.0. The van der Waals surface area contributed by atoms with E-state index in [0.29, 0.717) is 19.6 Å². The molecule has 0 saturated carbocycles. The van der Waals surface area contributed by atoms with Gasteiger partial charge in [0.1, 0.15) is 0 Å². The molecule has 1 rings (SSSR count). The largest absolute Gasteiger partial charge is 0.481 e. The van der Waals surface area contributed by atoms with Crippen LogP contribution in [0.4, 0.5) is 18.0 Å². The van der Waals surface area contributed by atoms with E-state index in [-0.39, 0.29) is 6.54 Å². The topological polar surface area (TPSA) is 70.1 Å². The maximum absolute atomic E-state index is 13.0. The predicted molar refractivity (Wildman–Crippen MR) is 66.8 cm³/mol. The Kier molecular flexibility index (Phi) is 5.43. The number of urea groups is 1. The van der Waals surface area contributed by atoms with Gasteiger partial charge in [-0.2, -0.15) is 13.2 Å². The normalized spacial score (nSPS) is 22.4. The Morgan fingerprint density at radius 2 is 2.05 bits per heavy atom. The number of hydrogen-bond donors (Lipinski definition) is 1. The Bertz CT molecular complexity index is 402. The van der Waals surface area contributed by atoms with E-state index in [1.165, 1.54) is 19.1 Å². The van der Waals surface area contributed by atoms with Crippen LogP contribution >= 0.6 is 0 Å². The number of hydrogen-bond acceptors (Lipinski definition) is 3. The lowest BCUT2D eigenvalue weighted by Gasteiger charge is -2.29. The van der Waals surface area contributed by atoms with Crippen molar-refractivity contribution < 1.29 is 32.6 Å². The van der Waals surface area contributed by atoms with Crippen molar-refractivity contribution >= 4 is 12.0 Å². The first-order valence-electron chi connectivity index (χ1n) is 6.45. The van der Waals surface area contributed by atoms with E-state index < -0.39 is 36.6 Å². The van der Waals surface area contributed by atoms with Crippen LogP contribution in [0, 0.1) is 5.41 Å². The molecule has 21 heavy (non-hydrogen) atoms. The molecule has 1 atom stereocenters. The molecule has 0 aromatic carbocycles. The van der Waals surface area contributed by atoms with Crippen LogP contribution in [0.5, 0.6) is 0 Å². The van der Waals surface area contributed by atoms with Gasteiger partial charge in [-0.25, -0.2) is 4.79 Å². The molecule has 1 aliphatic rings. The fourth-order valence-electron chi connectivity index (χ4n) is 2.28. The van der Waals surface area contributed by atoms with Gasteiger partial charge in [-0.3, -0.25) is 4.79 Å². The van der Waals surface area contributed by atoms with Crippen molar-refractivity contribution in [1.29, 1.82) is 0 Å². The number of halogens is 3. The van der Waals surface area contributed by atoms with E-state index >= 15 is 0 Å². The molecule has 0 spiro atoms. The minimum atomic E-state index is -4.89. The van der Waals surface area contributed by atoms with Crippen molar-refractivity contribution in [1.82, 2.24) is 9.80 Å². The monoisotopic (exact) mass is 312 g/mol. The number of carbonyl (C=O) groups excluding carboxylic acids is 1. The number of carbonyl (C=O) groups is 2. The number of ether oxygens (including phenoxy) is 1. The lowest BCUT2D eigenvalue weighted by atomic mass is 9.86. The number of rotatable bonds is 5. The van der Waals surface area contributed by atoms with E-state index in [4.69, 9.17) is 9.84 Å². The Labute approximate surface area is 120 Å². The van der Waals surface area contributed by atoms with Gasteiger partial charge in [0.15, 0.2) is 5.41 Å². The molecule has 1 saturated heterocycles. The van der Waals surface area contributed by atoms with Gasteiger partial charge in [-0.05, 0) is 12.8 Å². The summed E-state index contributed by atoms with van der Waals surface area (Å²) in [5.41, 5.74) is -2.87. The van der Waals surface area contributed by atoms with E-state index in [2.05, 4.69) is 0 Å². The van der Waals surface area contributed by atoms with E-state index in [1.54, 1.807) is 0 Å². The Morgan fingerprint density at radius 1 is 1.43 bits per heavy atom. The zero-order chi connectivity index (χ0) is 16.3. The lowest BCUT2D eigenvalue weighted by molar-refractivity contribution is -0.227. The molecule has 0 aromatic rings. The molecule has 1 heterocycles. The zero-order valence-corrected chi connectivity index (χ0v) is 11.9. The first-order chi connectivity index (χ1) is 9.65. The SMILES string of the molecule is COCCCN(C)C(=O)N1CCC(C(=O)O)(C(F)(F)F)C1. The molecular weight excluding hydrogens is 293 g/mol. The Hall–Kier alpha value is -1.51. The summed E-state index contributed by atoms with van der Waals surface area (Å²) in [5, 5.41) is 8.92. The first-order valence-corrected chi connectivity index (χ1v) is 6.45. The summed E-state index contributed by atoms with van der Waals surface area (Å²) >= 11 is 0. The van der Waals surface area contributed by atoms with Gasteiger partial charge in [0.25, 0.3) is 0 Å². The van der Waals surface area contributed by atoms with Gasteiger partial charge < -0.3 is 19.6 Å². The van der Waals surface area contributed by atoms with Crippen LogP contribution in [0.3, 0.4) is 0 Å². The highest BCUT2D eigenvalue weighted by Gasteiger charge is 2.64. The fraction of sp³-hybridized carbons (Fsp3) is 0.833. The van der Waals surface area contributed by atoms with Gasteiger partial charge in [0.05, 0.1) is 0 Å². The second-order valence-electron chi connectivity index (χ2n) is 5.11. The van der Waals surface area contributed by atoms with Gasteiger partial charge in [-0.15, -0.1) is 0 Å². The number of alkyl halides is 3. The molecule has 1 N–H and O–H groups in total. The summed E-state index contributed by atoms with van der Waals surface area (Å²) in [6.07, 6.45) is -4.96. The third kappa shape index (κ3) is 3.58. The van der Waals surface area contributed by atoms with Crippen molar-refractivity contribution in [3.63, 3.8) is 0 Å². The Balaban J connectivity index is 2.72. The van der Waals surface area contributed by atoms with Crippen LogP contribution in [-0.4, -0.2) is 73.5 Å². The highest BCUT2D eigenvalue weighted by molar-refractivity contribution is 5.80. The van der Waals surface area contributed by atoms with E-state index in [0.717, 1.165) is 4.90 Å². The fourth-order valence-corrected chi connectivity index (χ4v) is 2.28. The van der Waals surface area contributed by atoms with Crippen molar-refractivity contribution in [3.8, 4) is 0 Å². The van der Waals surface area contributed by atoms with Crippen molar-refractivity contribution in [2.75, 3.05) is 40.4 Å². The van der Waals surface area contributed by atoms with Gasteiger partial charge in [0, 0.05) is 40.4 Å². The molecule has 0 aromatic heterocycles. The number of nitrogens with zero attached hydrogens (tertiary/aromatic N) is 2. The maximum Gasteiger partial charge on any atom is 0.406 e. The number of amides is 2. The van der Waals surface area contributed by atoms with Crippen LogP contribution in [0.15, 0.2) is 0 Å². The molecule has 1 aliphatic heterocycles. The van der Waals surface area contributed by atoms with Crippen molar-refractivity contribution in [3.05, 3.63) is 0 Å². The van der Waals surface area contributed by atoms with E-state index in [1.807, 2.05) is 0 Å². The minimum Gasteiger partial charge on any atom is -0.481 e. The molecule has 0 bridgehead atoms. The van der Waals surface area contributed by atoms with Crippen molar-refractivity contribution in [2.45, 2.75) is 19.0 Å². The summed E-state index contributed by atoms with van der Waals surface area (Å²) < 4.78 is 43.8. The Morgan fingerprint density at radius 3 is 2.48 bits per heavy atom. The van der Waals surface area contributed by atoms with Crippen LogP contribution in [0.2, 0.25) is 0 Å². The van der Waals surface area contributed by atoms with Gasteiger partial charge in [0.2, 0.25) is 0 Å². The summed E-state index contributed by atoms with van der Waals surface area (Å²) in [4.78, 5) is 25.3. The van der Waals surface area contributed by atoms with Gasteiger partial charge in [-0.1, -0.05) is 0 Å². The number of aliphatic carboxylic acids is 1. The summed E-state index contributed by atoms with van der Waals surface area (Å²) in [5.74, 6) is -1.94. The predicted octanol–water partition coefficient (Wildman–Crippen LogP) is 1.41. The molecule has 0 radical (unpaired) electrons. The average molecular weight is 312 g/mol. The highest BCUT2D eigenvalue weighted by Crippen LogP contribution is 2.45. The molecule has 2 amide bonds. The third-order valence-corrected chi connectivity index (χ3v) is 3.66. The molecule has 9 heteroatoms. The molecule has 1 unspecified atom stereocenters. The second-order valence-corrected chi connectivity index (χ2v) is 5.11. The van der Waals surface area contributed by atoms with Crippen LogP contribution < -0.4 is 0 Å². The minimum absolute atomic E-state index is 0.223. The smallest absolute Gasteiger partial charge is 0.406 e. The highest BCUT2D eigenvalue weighted by atomic mass is 19.4. The lowest BCUT2D eigenvalue weighted by Crippen LogP contribution is -2.49. The second kappa shape index (κ2) is 6.50. The van der Waals surface area contributed by atoms with Crippen molar-refractivity contribution in [2.24, 2.45) is 5.41 Å². The summed E-state index contributed by atoms with van der Waals surface area (Å²) in [7, 11) is 2.97. The number of carboxylic acids is 1. The summed E-state index contributed by atoms with van der Waals surface area (Å²) in [6, 6.07) is -0.599. The standard InChI is InChI=1S/C12H19F3N2O4/c1-16(5-3-7-21-2)10(20)17-6-4-11(8-17,9(18)19)12(13,14)15/h3-8H2,1-2H3,(H,18,19).